The second kappa shape index (κ2) is 7.84. The van der Waals surface area contributed by atoms with Crippen LogP contribution in [0.2, 0.25) is 0 Å². The van der Waals surface area contributed by atoms with Gasteiger partial charge in [-0.3, -0.25) is 5.41 Å². The molecule has 0 aliphatic rings. The molecule has 0 aromatic heterocycles. The lowest BCUT2D eigenvalue weighted by Gasteiger charge is -2.04. The smallest absolute Gasteiger partial charge is 0.161 e. The van der Waals surface area contributed by atoms with Gasteiger partial charge in [-0.2, -0.15) is 0 Å². The van der Waals surface area contributed by atoms with Crippen LogP contribution in [0.25, 0.3) is 0 Å². The molecule has 0 spiro atoms. The van der Waals surface area contributed by atoms with Crippen LogP contribution < -0.4 is 0 Å². The molecule has 4 heteroatoms. The van der Waals surface area contributed by atoms with Gasteiger partial charge in [0.1, 0.15) is 5.75 Å². The predicted molar refractivity (Wildman–Crippen MR) is 102 cm³/mol. The molecule has 0 aliphatic carbocycles. The van der Waals surface area contributed by atoms with Crippen LogP contribution in [0.4, 0.5) is 0 Å². The average Bonchev–Trinajstić information content (AvgIpc) is 2.67. The van der Waals surface area contributed by atoms with Crippen LogP contribution >= 0.6 is 0 Å². The molecule has 0 radical (unpaired) electrons. The van der Waals surface area contributed by atoms with Crippen molar-refractivity contribution in [2.75, 3.05) is 0 Å². The Morgan fingerprint density at radius 3 is 1.96 bits per heavy atom. The third-order valence-corrected chi connectivity index (χ3v) is 3.56. The number of nitrogens with zero attached hydrogens (tertiary/aromatic N) is 2. The highest BCUT2D eigenvalue weighted by molar-refractivity contribution is 6.13. The predicted octanol–water partition coefficient (Wildman–Crippen LogP) is 4.28. The molecule has 0 amide bonds. The maximum Gasteiger partial charge on any atom is 0.161 e. The summed E-state index contributed by atoms with van der Waals surface area (Å²) in [6.07, 6.45) is 1.56. The molecule has 0 unspecified atom stereocenters. The number of phenols is 1. The van der Waals surface area contributed by atoms with Gasteiger partial charge in [-0.1, -0.05) is 72.8 Å². The number of hydrogen-bond donors (Lipinski definition) is 2. The first-order valence-electron chi connectivity index (χ1n) is 7.84. The topological polar surface area (TPSA) is 68.8 Å². The number of nitrogens with one attached hydrogen (secondary N) is 1. The Balaban J connectivity index is 1.98. The van der Waals surface area contributed by atoms with Crippen molar-refractivity contribution < 1.29 is 5.11 Å². The minimum Gasteiger partial charge on any atom is -0.507 e. The standard InChI is InChI=1S/C21H17N3O/c22-20(16-9-3-1-4-10-16)24-21(17-11-5-2-6-12-17)23-15-18-13-7-8-14-19(18)25/h1-15,22,25H. The summed E-state index contributed by atoms with van der Waals surface area (Å²) in [6.45, 7) is 0. The van der Waals surface area contributed by atoms with Crippen molar-refractivity contribution >= 4 is 17.9 Å². The first-order chi connectivity index (χ1) is 12.2. The number of amidine groups is 2. The molecule has 4 nitrogen and oxygen atoms in total. The molecule has 0 aliphatic heterocycles. The van der Waals surface area contributed by atoms with Crippen LogP contribution in [0.5, 0.6) is 5.75 Å². The van der Waals surface area contributed by atoms with E-state index in [1.54, 1.807) is 24.4 Å². The van der Waals surface area contributed by atoms with Crippen molar-refractivity contribution in [3.05, 3.63) is 102 Å². The summed E-state index contributed by atoms with van der Waals surface area (Å²) in [6, 6.07) is 25.7. The molecule has 0 fully saturated rings. The van der Waals surface area contributed by atoms with E-state index in [1.807, 2.05) is 66.7 Å². The zero-order valence-corrected chi connectivity index (χ0v) is 13.5. The van der Waals surface area contributed by atoms with E-state index >= 15 is 0 Å². The third-order valence-electron chi connectivity index (χ3n) is 3.56. The average molecular weight is 327 g/mol. The number of hydrogen-bond acceptors (Lipinski definition) is 2. The molecule has 0 atom stereocenters. The number of aromatic hydroxyl groups is 1. The van der Waals surface area contributed by atoms with E-state index in [4.69, 9.17) is 5.41 Å². The van der Waals surface area contributed by atoms with E-state index in [-0.39, 0.29) is 11.6 Å². The summed E-state index contributed by atoms with van der Waals surface area (Å²) < 4.78 is 0. The van der Waals surface area contributed by atoms with E-state index < -0.39 is 0 Å². The minimum atomic E-state index is 0.133. The highest BCUT2D eigenvalue weighted by Crippen LogP contribution is 2.14. The Labute approximate surface area is 146 Å². The summed E-state index contributed by atoms with van der Waals surface area (Å²) in [7, 11) is 0. The highest BCUT2D eigenvalue weighted by Gasteiger charge is 2.05. The number of para-hydroxylation sites is 1. The molecule has 3 rings (SSSR count). The highest BCUT2D eigenvalue weighted by atomic mass is 16.3. The van der Waals surface area contributed by atoms with Crippen molar-refractivity contribution in [2.45, 2.75) is 0 Å². The largest absolute Gasteiger partial charge is 0.507 e. The molecule has 25 heavy (non-hydrogen) atoms. The molecule has 2 N–H and O–H groups in total. The Morgan fingerprint density at radius 2 is 1.32 bits per heavy atom. The summed E-state index contributed by atoms with van der Waals surface area (Å²) in [4.78, 5) is 8.80. The molecule has 0 bridgehead atoms. The van der Waals surface area contributed by atoms with E-state index in [0.717, 1.165) is 5.56 Å². The second-order valence-electron chi connectivity index (χ2n) is 5.33. The van der Waals surface area contributed by atoms with Crippen LogP contribution in [0, 0.1) is 5.41 Å². The molecule has 122 valence electrons. The summed E-state index contributed by atoms with van der Waals surface area (Å²) >= 11 is 0. The third kappa shape index (κ3) is 4.26. The maximum atomic E-state index is 9.88. The van der Waals surface area contributed by atoms with Gasteiger partial charge in [0.05, 0.1) is 0 Å². The summed E-state index contributed by atoms with van der Waals surface area (Å²) in [5.74, 6) is 0.698. The number of aliphatic imine (C=N–C) groups is 2. The molecular formula is C21H17N3O. The van der Waals surface area contributed by atoms with Crippen molar-refractivity contribution in [3.63, 3.8) is 0 Å². The van der Waals surface area contributed by atoms with Gasteiger partial charge in [-0.25, -0.2) is 9.98 Å². The number of phenolic OH excluding ortho intramolecular Hbond substituents is 1. The van der Waals surface area contributed by atoms with Crippen LogP contribution in [0.1, 0.15) is 16.7 Å². The molecular weight excluding hydrogens is 310 g/mol. The van der Waals surface area contributed by atoms with Gasteiger partial charge in [-0.15, -0.1) is 0 Å². The normalized spacial score (nSPS) is 11.6. The van der Waals surface area contributed by atoms with E-state index in [9.17, 15) is 5.11 Å². The fourth-order valence-electron chi connectivity index (χ4n) is 2.25. The van der Waals surface area contributed by atoms with Gasteiger partial charge >= 0.3 is 0 Å². The summed E-state index contributed by atoms with van der Waals surface area (Å²) in [5, 5.41) is 18.1. The first kappa shape index (κ1) is 16.3. The molecule has 0 saturated heterocycles. The van der Waals surface area contributed by atoms with E-state index in [0.29, 0.717) is 17.0 Å². The van der Waals surface area contributed by atoms with Crippen LogP contribution in [0.15, 0.2) is 94.9 Å². The summed E-state index contributed by atoms with van der Waals surface area (Å²) in [5.41, 5.74) is 2.11. The fraction of sp³-hybridized carbons (Fsp3) is 0. The number of benzene rings is 3. The van der Waals surface area contributed by atoms with Gasteiger partial charge in [0.15, 0.2) is 11.7 Å². The molecule has 3 aromatic carbocycles. The lowest BCUT2D eigenvalue weighted by Crippen LogP contribution is -2.04. The Kier molecular flexibility index (Phi) is 5.12. The monoisotopic (exact) mass is 327 g/mol. The van der Waals surface area contributed by atoms with Crippen LogP contribution in [0.3, 0.4) is 0 Å². The van der Waals surface area contributed by atoms with Crippen molar-refractivity contribution in [3.8, 4) is 5.75 Å². The van der Waals surface area contributed by atoms with Crippen molar-refractivity contribution in [1.29, 1.82) is 5.41 Å². The lowest BCUT2D eigenvalue weighted by molar-refractivity contribution is 0.474. The van der Waals surface area contributed by atoms with Crippen molar-refractivity contribution in [1.82, 2.24) is 0 Å². The zero-order valence-electron chi connectivity index (χ0n) is 13.5. The lowest BCUT2D eigenvalue weighted by atomic mass is 10.2. The van der Waals surface area contributed by atoms with Crippen molar-refractivity contribution in [2.24, 2.45) is 9.98 Å². The Morgan fingerprint density at radius 1 is 0.760 bits per heavy atom. The van der Waals surface area contributed by atoms with Gasteiger partial charge < -0.3 is 5.11 Å². The second-order valence-corrected chi connectivity index (χ2v) is 5.33. The SMILES string of the molecule is N=C(N=C(N=Cc1ccccc1O)c1ccccc1)c1ccccc1. The van der Waals surface area contributed by atoms with E-state index in [2.05, 4.69) is 9.98 Å². The van der Waals surface area contributed by atoms with Gasteiger partial charge in [-0.05, 0) is 12.1 Å². The molecule has 3 aromatic rings. The quantitative estimate of drug-likeness (QED) is 0.547. The minimum absolute atomic E-state index is 0.133. The zero-order chi connectivity index (χ0) is 17.5. The van der Waals surface area contributed by atoms with Gasteiger partial charge in [0.2, 0.25) is 0 Å². The maximum absolute atomic E-state index is 9.88. The Bertz CT molecular complexity index is 916. The fourth-order valence-corrected chi connectivity index (χ4v) is 2.25. The molecule has 0 saturated carbocycles. The van der Waals surface area contributed by atoms with Crippen LogP contribution in [-0.2, 0) is 0 Å². The number of rotatable bonds is 3. The van der Waals surface area contributed by atoms with Crippen LogP contribution in [-0.4, -0.2) is 23.0 Å². The first-order valence-corrected chi connectivity index (χ1v) is 7.84. The Hall–Kier alpha value is -3.53. The molecule has 0 heterocycles. The van der Waals surface area contributed by atoms with Gasteiger partial charge in [0.25, 0.3) is 0 Å². The van der Waals surface area contributed by atoms with E-state index in [1.165, 1.54) is 0 Å². The van der Waals surface area contributed by atoms with Gasteiger partial charge in [0, 0.05) is 22.9 Å².